The van der Waals surface area contributed by atoms with E-state index in [0.717, 1.165) is 53.9 Å². The van der Waals surface area contributed by atoms with Crippen LogP contribution >= 0.6 is 0 Å². The molecule has 0 aliphatic carbocycles. The molecular weight excluding hydrogens is 353 g/mol. The van der Waals surface area contributed by atoms with Crippen LogP contribution in [-0.2, 0) is 11.2 Å². The van der Waals surface area contributed by atoms with Gasteiger partial charge in [0, 0.05) is 49.2 Å². The lowest BCUT2D eigenvalue weighted by molar-refractivity contribution is -0.130. The second kappa shape index (κ2) is 7.06. The van der Waals surface area contributed by atoms with Gasteiger partial charge >= 0.3 is 0 Å². The maximum Gasteiger partial charge on any atom is 0.222 e. The zero-order valence-corrected chi connectivity index (χ0v) is 15.7. The summed E-state index contributed by atoms with van der Waals surface area (Å²) in [7, 11) is 0. The van der Waals surface area contributed by atoms with Crippen LogP contribution in [-0.4, -0.2) is 42.0 Å². The minimum atomic E-state index is -0.245. The highest BCUT2D eigenvalue weighted by Crippen LogP contribution is 2.32. The lowest BCUT2D eigenvalue weighted by Crippen LogP contribution is -2.32. The van der Waals surface area contributed by atoms with Gasteiger partial charge in [-0.3, -0.25) is 4.79 Å². The monoisotopic (exact) mass is 377 g/mol. The molecule has 2 N–H and O–H groups in total. The van der Waals surface area contributed by atoms with Crippen molar-refractivity contribution in [2.45, 2.75) is 12.8 Å². The fourth-order valence-corrected chi connectivity index (χ4v) is 4.77. The third-order valence-electron chi connectivity index (χ3n) is 6.28. The fourth-order valence-electron chi connectivity index (χ4n) is 4.77. The molecule has 1 aromatic heterocycles. The van der Waals surface area contributed by atoms with E-state index >= 15 is 0 Å². The van der Waals surface area contributed by atoms with Crippen molar-refractivity contribution in [1.29, 1.82) is 0 Å². The summed E-state index contributed by atoms with van der Waals surface area (Å²) in [4.78, 5) is 18.4. The van der Waals surface area contributed by atoms with E-state index in [2.05, 4.69) is 16.4 Å². The first-order chi connectivity index (χ1) is 13.7. The summed E-state index contributed by atoms with van der Waals surface area (Å²) >= 11 is 0. The van der Waals surface area contributed by atoms with Gasteiger partial charge in [0.1, 0.15) is 5.82 Å². The number of aromatic amines is 1. The molecule has 2 fully saturated rings. The smallest absolute Gasteiger partial charge is 0.222 e. The number of hydrogen-bond acceptors (Lipinski definition) is 2. The van der Waals surface area contributed by atoms with E-state index in [0.29, 0.717) is 24.7 Å². The number of rotatable bonds is 4. The van der Waals surface area contributed by atoms with E-state index in [1.807, 2.05) is 23.1 Å². The van der Waals surface area contributed by atoms with Crippen LogP contribution in [0.2, 0.25) is 0 Å². The highest BCUT2D eigenvalue weighted by molar-refractivity contribution is 5.91. The molecule has 0 spiro atoms. The summed E-state index contributed by atoms with van der Waals surface area (Å²) in [6, 6.07) is 14.7. The van der Waals surface area contributed by atoms with Crippen LogP contribution in [0.15, 0.2) is 48.5 Å². The lowest BCUT2D eigenvalue weighted by atomic mass is 10.0. The number of amides is 1. The van der Waals surface area contributed by atoms with Gasteiger partial charge < -0.3 is 15.2 Å². The number of carbonyl (C=O) groups is 1. The quantitative estimate of drug-likeness (QED) is 0.730. The standard InChI is InChI=1S/C23H24FN3O/c24-18-7-5-15(6-8-18)23-20(19-3-1-2-4-21(19)26-23)9-10-22(28)27-13-16-11-25-12-17(16)14-27/h1-8,16-17,25-26H,9-14H2/t16-,17+. The lowest BCUT2D eigenvalue weighted by Gasteiger charge is -2.17. The number of benzene rings is 2. The number of para-hydroxylation sites is 1. The van der Waals surface area contributed by atoms with Gasteiger partial charge in [0.05, 0.1) is 0 Å². The molecule has 0 unspecified atom stereocenters. The predicted molar refractivity (Wildman–Crippen MR) is 108 cm³/mol. The Balaban J connectivity index is 1.39. The molecule has 4 nitrogen and oxygen atoms in total. The van der Waals surface area contributed by atoms with Crippen molar-refractivity contribution in [3.8, 4) is 11.3 Å². The van der Waals surface area contributed by atoms with Crippen molar-refractivity contribution in [1.82, 2.24) is 15.2 Å². The molecule has 2 aliphatic heterocycles. The Morgan fingerprint density at radius 2 is 1.75 bits per heavy atom. The number of carbonyl (C=O) groups excluding carboxylic acids is 1. The van der Waals surface area contributed by atoms with Crippen molar-refractivity contribution in [2.75, 3.05) is 26.2 Å². The first-order valence-corrected chi connectivity index (χ1v) is 10.0. The van der Waals surface area contributed by atoms with Gasteiger partial charge in [0.25, 0.3) is 0 Å². The first-order valence-electron chi connectivity index (χ1n) is 10.0. The zero-order chi connectivity index (χ0) is 19.1. The summed E-state index contributed by atoms with van der Waals surface area (Å²) in [6.45, 7) is 3.83. The second-order valence-corrected chi connectivity index (χ2v) is 8.01. The number of nitrogens with one attached hydrogen (secondary N) is 2. The van der Waals surface area contributed by atoms with Crippen molar-refractivity contribution < 1.29 is 9.18 Å². The Bertz CT molecular complexity index is 998. The fraction of sp³-hybridized carbons (Fsp3) is 0.348. The van der Waals surface area contributed by atoms with Gasteiger partial charge in [-0.1, -0.05) is 18.2 Å². The second-order valence-electron chi connectivity index (χ2n) is 8.01. The molecule has 28 heavy (non-hydrogen) atoms. The molecule has 2 saturated heterocycles. The number of fused-ring (bicyclic) bond motifs is 2. The maximum atomic E-state index is 13.4. The molecule has 2 aliphatic rings. The topological polar surface area (TPSA) is 48.1 Å². The van der Waals surface area contributed by atoms with Crippen LogP contribution in [0.4, 0.5) is 4.39 Å². The average Bonchev–Trinajstić information content (AvgIpc) is 3.40. The normalized spacial score (nSPS) is 21.4. The Morgan fingerprint density at radius 1 is 1.04 bits per heavy atom. The number of aromatic nitrogens is 1. The third kappa shape index (κ3) is 3.10. The molecule has 2 atom stereocenters. The van der Waals surface area contributed by atoms with Crippen LogP contribution in [0.3, 0.4) is 0 Å². The molecule has 5 heteroatoms. The minimum absolute atomic E-state index is 0.240. The van der Waals surface area contributed by atoms with Gasteiger partial charge in [-0.05, 0) is 59.7 Å². The highest BCUT2D eigenvalue weighted by atomic mass is 19.1. The Hall–Kier alpha value is -2.66. The van der Waals surface area contributed by atoms with Gasteiger partial charge in [-0.2, -0.15) is 0 Å². The average molecular weight is 377 g/mol. The van der Waals surface area contributed by atoms with Crippen LogP contribution in [0.1, 0.15) is 12.0 Å². The van der Waals surface area contributed by atoms with E-state index in [9.17, 15) is 9.18 Å². The zero-order valence-electron chi connectivity index (χ0n) is 15.7. The number of halogens is 1. The number of likely N-dealkylation sites (tertiary alicyclic amines) is 1. The van der Waals surface area contributed by atoms with E-state index in [1.165, 1.54) is 12.1 Å². The number of aryl methyl sites for hydroxylation is 1. The van der Waals surface area contributed by atoms with Gasteiger partial charge in [-0.25, -0.2) is 4.39 Å². The molecule has 3 heterocycles. The van der Waals surface area contributed by atoms with Crippen molar-refractivity contribution in [3.63, 3.8) is 0 Å². The van der Waals surface area contributed by atoms with E-state index in [4.69, 9.17) is 0 Å². The molecule has 0 bridgehead atoms. The Morgan fingerprint density at radius 3 is 2.50 bits per heavy atom. The molecule has 3 aromatic rings. The number of nitrogens with zero attached hydrogens (tertiary/aromatic N) is 1. The van der Waals surface area contributed by atoms with Crippen LogP contribution in [0.25, 0.3) is 22.2 Å². The molecule has 144 valence electrons. The summed E-state index contributed by atoms with van der Waals surface area (Å²) in [5, 5.41) is 4.56. The molecule has 0 radical (unpaired) electrons. The minimum Gasteiger partial charge on any atom is -0.354 e. The maximum absolute atomic E-state index is 13.4. The molecule has 1 amide bonds. The molecular formula is C23H24FN3O. The van der Waals surface area contributed by atoms with Crippen molar-refractivity contribution in [3.05, 3.63) is 59.9 Å². The third-order valence-corrected chi connectivity index (χ3v) is 6.28. The predicted octanol–water partition coefficient (Wildman–Crippen LogP) is 3.58. The van der Waals surface area contributed by atoms with E-state index < -0.39 is 0 Å². The number of hydrogen-bond donors (Lipinski definition) is 2. The Kier molecular flexibility index (Phi) is 4.40. The Labute approximate surface area is 163 Å². The molecule has 2 aromatic carbocycles. The SMILES string of the molecule is O=C(CCc1c(-c2ccc(F)cc2)[nH]c2ccccc12)N1C[C@H]2CNC[C@H]2C1. The summed E-state index contributed by atoms with van der Waals surface area (Å²) in [5.74, 6) is 1.23. The van der Waals surface area contributed by atoms with E-state index in [1.54, 1.807) is 12.1 Å². The van der Waals surface area contributed by atoms with E-state index in [-0.39, 0.29) is 11.7 Å². The highest BCUT2D eigenvalue weighted by Gasteiger charge is 2.37. The largest absolute Gasteiger partial charge is 0.354 e. The van der Waals surface area contributed by atoms with Crippen molar-refractivity contribution >= 4 is 16.8 Å². The van der Waals surface area contributed by atoms with Crippen molar-refractivity contribution in [2.24, 2.45) is 11.8 Å². The van der Waals surface area contributed by atoms with Crippen LogP contribution in [0, 0.1) is 17.7 Å². The van der Waals surface area contributed by atoms with Gasteiger partial charge in [-0.15, -0.1) is 0 Å². The summed E-state index contributed by atoms with van der Waals surface area (Å²) < 4.78 is 13.4. The van der Waals surface area contributed by atoms with Gasteiger partial charge in [0.15, 0.2) is 0 Å². The first kappa shape index (κ1) is 17.4. The van der Waals surface area contributed by atoms with Gasteiger partial charge in [0.2, 0.25) is 5.91 Å². The molecule has 5 rings (SSSR count). The summed E-state index contributed by atoms with van der Waals surface area (Å²) in [5.41, 5.74) is 4.11. The summed E-state index contributed by atoms with van der Waals surface area (Å²) in [6.07, 6.45) is 1.18. The molecule has 0 saturated carbocycles. The number of H-pyrrole nitrogens is 1. The van der Waals surface area contributed by atoms with Crippen LogP contribution in [0.5, 0.6) is 0 Å². The van der Waals surface area contributed by atoms with Crippen LogP contribution < -0.4 is 5.32 Å².